The average Bonchev–Trinajstić information content (AvgIpc) is 2.77. The summed E-state index contributed by atoms with van der Waals surface area (Å²) in [6.07, 6.45) is 4.26. The van der Waals surface area contributed by atoms with Gasteiger partial charge in [-0.2, -0.15) is 0 Å². The highest BCUT2D eigenvalue weighted by Gasteiger charge is 2.29. The zero-order chi connectivity index (χ0) is 13.8. The van der Waals surface area contributed by atoms with Gasteiger partial charge in [0, 0.05) is 23.1 Å². The van der Waals surface area contributed by atoms with Crippen LogP contribution in [-0.4, -0.2) is 28.6 Å². The molecule has 0 amide bonds. The van der Waals surface area contributed by atoms with Gasteiger partial charge in [-0.05, 0) is 44.2 Å². The van der Waals surface area contributed by atoms with Gasteiger partial charge in [-0.3, -0.25) is 4.90 Å². The molecule has 2 nitrogen and oxygen atoms in total. The van der Waals surface area contributed by atoms with Crippen LogP contribution in [0.5, 0.6) is 0 Å². The lowest BCUT2D eigenvalue weighted by Gasteiger charge is -2.28. The van der Waals surface area contributed by atoms with Crippen LogP contribution in [0.4, 0.5) is 0 Å². The molecule has 106 valence electrons. The Bertz CT molecular complexity index is 409. The van der Waals surface area contributed by atoms with Crippen molar-refractivity contribution in [3.63, 3.8) is 0 Å². The monoisotopic (exact) mass is 325 g/mol. The normalized spacial score (nSPS) is 25.7. The van der Waals surface area contributed by atoms with Gasteiger partial charge in [-0.1, -0.05) is 41.1 Å². The van der Waals surface area contributed by atoms with Crippen LogP contribution >= 0.6 is 15.9 Å². The van der Waals surface area contributed by atoms with Crippen molar-refractivity contribution in [3.8, 4) is 0 Å². The average molecular weight is 326 g/mol. The van der Waals surface area contributed by atoms with E-state index in [1.54, 1.807) is 0 Å². The van der Waals surface area contributed by atoms with E-state index in [2.05, 4.69) is 34.7 Å². The molecule has 19 heavy (non-hydrogen) atoms. The van der Waals surface area contributed by atoms with E-state index < -0.39 is 0 Å². The number of hydrogen-bond acceptors (Lipinski definition) is 2. The molecule has 3 atom stereocenters. The molecule has 2 rings (SSSR count). The lowest BCUT2D eigenvalue weighted by atomic mass is 10.1. The molecule has 3 unspecified atom stereocenters. The number of halogens is 1. The molecule has 3 heteroatoms. The Kier molecular flexibility index (Phi) is 5.43. The predicted octanol–water partition coefficient (Wildman–Crippen LogP) is 4.14. The van der Waals surface area contributed by atoms with Crippen molar-refractivity contribution in [2.24, 2.45) is 0 Å². The van der Waals surface area contributed by atoms with E-state index in [0.29, 0.717) is 12.1 Å². The van der Waals surface area contributed by atoms with E-state index in [0.717, 1.165) is 23.0 Å². The van der Waals surface area contributed by atoms with Gasteiger partial charge >= 0.3 is 0 Å². The van der Waals surface area contributed by atoms with Gasteiger partial charge in [0.1, 0.15) is 0 Å². The predicted molar refractivity (Wildman–Crippen MR) is 83.2 cm³/mol. The quantitative estimate of drug-likeness (QED) is 0.879. The number of hydrogen-bond donors (Lipinski definition) is 1. The topological polar surface area (TPSA) is 23.5 Å². The van der Waals surface area contributed by atoms with Crippen LogP contribution < -0.4 is 0 Å². The zero-order valence-corrected chi connectivity index (χ0v) is 13.4. The Labute approximate surface area is 124 Å². The van der Waals surface area contributed by atoms with Crippen molar-refractivity contribution in [2.75, 3.05) is 6.54 Å². The van der Waals surface area contributed by atoms with Crippen LogP contribution in [0.15, 0.2) is 28.7 Å². The molecule has 1 heterocycles. The van der Waals surface area contributed by atoms with Crippen molar-refractivity contribution >= 4 is 15.9 Å². The zero-order valence-electron chi connectivity index (χ0n) is 11.8. The summed E-state index contributed by atoms with van der Waals surface area (Å²) in [7, 11) is 0. The van der Waals surface area contributed by atoms with Gasteiger partial charge in [0.25, 0.3) is 0 Å². The Morgan fingerprint density at radius 2 is 2.11 bits per heavy atom. The summed E-state index contributed by atoms with van der Waals surface area (Å²) < 4.78 is 1.00. The fourth-order valence-corrected chi connectivity index (χ4v) is 3.69. The number of benzene rings is 1. The van der Waals surface area contributed by atoms with E-state index in [1.807, 2.05) is 24.3 Å². The fourth-order valence-electron chi connectivity index (χ4n) is 3.14. The number of rotatable bonds is 5. The summed E-state index contributed by atoms with van der Waals surface area (Å²) in [5.41, 5.74) is 1.00. The van der Waals surface area contributed by atoms with Gasteiger partial charge in [-0.15, -0.1) is 0 Å². The maximum Gasteiger partial charge on any atom is 0.0813 e. The molecule has 0 aliphatic carbocycles. The number of likely N-dealkylation sites (tertiary alicyclic amines) is 1. The van der Waals surface area contributed by atoms with E-state index in [-0.39, 0.29) is 6.10 Å². The van der Waals surface area contributed by atoms with Crippen LogP contribution in [0.2, 0.25) is 0 Å². The van der Waals surface area contributed by atoms with E-state index in [4.69, 9.17) is 0 Å². The molecule has 1 aliphatic rings. The highest BCUT2D eigenvalue weighted by Crippen LogP contribution is 2.29. The van der Waals surface area contributed by atoms with Gasteiger partial charge in [-0.25, -0.2) is 0 Å². The molecule has 0 radical (unpaired) electrons. The lowest BCUT2D eigenvalue weighted by Crippen LogP contribution is -2.35. The first kappa shape index (κ1) is 15.0. The van der Waals surface area contributed by atoms with Crippen molar-refractivity contribution < 1.29 is 5.11 Å². The van der Waals surface area contributed by atoms with E-state index in [9.17, 15) is 5.11 Å². The summed E-state index contributed by atoms with van der Waals surface area (Å²) in [6.45, 7) is 5.56. The number of aliphatic hydroxyl groups is 1. The van der Waals surface area contributed by atoms with Crippen molar-refractivity contribution in [1.29, 1.82) is 0 Å². The molecule has 0 aromatic heterocycles. The third-order valence-corrected chi connectivity index (χ3v) is 5.07. The Hall–Kier alpha value is -0.380. The molecule has 1 N–H and O–H groups in total. The highest BCUT2D eigenvalue weighted by molar-refractivity contribution is 9.10. The van der Waals surface area contributed by atoms with Crippen LogP contribution in [0.1, 0.15) is 51.2 Å². The molecular weight excluding hydrogens is 302 g/mol. The summed E-state index contributed by atoms with van der Waals surface area (Å²) in [6, 6.07) is 9.33. The first-order valence-electron chi connectivity index (χ1n) is 7.31. The van der Waals surface area contributed by atoms with E-state index >= 15 is 0 Å². The third kappa shape index (κ3) is 3.59. The number of nitrogens with zero attached hydrogens (tertiary/aromatic N) is 1. The SMILES string of the molecule is CCC1CCC(C)N1CCC(O)c1ccccc1Br. The smallest absolute Gasteiger partial charge is 0.0813 e. The second-order valence-electron chi connectivity index (χ2n) is 5.55. The third-order valence-electron chi connectivity index (χ3n) is 4.35. The Morgan fingerprint density at radius 1 is 1.37 bits per heavy atom. The maximum absolute atomic E-state index is 10.4. The molecule has 0 bridgehead atoms. The van der Waals surface area contributed by atoms with Gasteiger partial charge in [0.15, 0.2) is 0 Å². The molecule has 1 fully saturated rings. The summed E-state index contributed by atoms with van der Waals surface area (Å²) in [4.78, 5) is 2.57. The second-order valence-corrected chi connectivity index (χ2v) is 6.41. The van der Waals surface area contributed by atoms with Crippen LogP contribution in [0.3, 0.4) is 0 Å². The lowest BCUT2D eigenvalue weighted by molar-refractivity contribution is 0.122. The van der Waals surface area contributed by atoms with Crippen molar-refractivity contribution in [2.45, 2.75) is 57.7 Å². The number of aliphatic hydroxyl groups excluding tert-OH is 1. The molecule has 1 aromatic rings. The first-order chi connectivity index (χ1) is 9.13. The molecule has 0 spiro atoms. The second kappa shape index (κ2) is 6.87. The van der Waals surface area contributed by atoms with Crippen LogP contribution in [0.25, 0.3) is 0 Å². The van der Waals surface area contributed by atoms with Gasteiger partial charge in [0.2, 0.25) is 0 Å². The van der Waals surface area contributed by atoms with Crippen LogP contribution in [0, 0.1) is 0 Å². The molecule has 0 saturated carbocycles. The summed E-state index contributed by atoms with van der Waals surface area (Å²) >= 11 is 3.51. The molecule has 1 aromatic carbocycles. The standard InChI is InChI=1S/C16H24BrNO/c1-3-13-9-8-12(2)18(13)11-10-16(19)14-6-4-5-7-15(14)17/h4-7,12-13,16,19H,3,8-11H2,1-2H3. The van der Waals surface area contributed by atoms with Gasteiger partial charge in [0.05, 0.1) is 6.10 Å². The highest BCUT2D eigenvalue weighted by atomic mass is 79.9. The Balaban J connectivity index is 1.93. The van der Waals surface area contributed by atoms with Crippen molar-refractivity contribution in [1.82, 2.24) is 4.90 Å². The molecule has 1 aliphatic heterocycles. The summed E-state index contributed by atoms with van der Waals surface area (Å²) in [5.74, 6) is 0. The largest absolute Gasteiger partial charge is 0.388 e. The minimum atomic E-state index is -0.374. The minimum absolute atomic E-state index is 0.374. The van der Waals surface area contributed by atoms with Gasteiger partial charge < -0.3 is 5.11 Å². The van der Waals surface area contributed by atoms with Crippen LogP contribution in [-0.2, 0) is 0 Å². The minimum Gasteiger partial charge on any atom is -0.388 e. The molecule has 1 saturated heterocycles. The fraction of sp³-hybridized carbons (Fsp3) is 0.625. The summed E-state index contributed by atoms with van der Waals surface area (Å²) in [5, 5.41) is 10.4. The van der Waals surface area contributed by atoms with E-state index in [1.165, 1.54) is 19.3 Å². The Morgan fingerprint density at radius 3 is 2.79 bits per heavy atom. The first-order valence-corrected chi connectivity index (χ1v) is 8.11. The van der Waals surface area contributed by atoms with Crippen molar-refractivity contribution in [3.05, 3.63) is 34.3 Å². The molecular formula is C16H24BrNO. The maximum atomic E-state index is 10.4.